The van der Waals surface area contributed by atoms with Crippen LogP contribution in [-0.4, -0.2) is 12.6 Å². The Balaban J connectivity index is 1.84. The highest BCUT2D eigenvalue weighted by Gasteiger charge is 2.09. The van der Waals surface area contributed by atoms with Crippen LogP contribution in [0.2, 0.25) is 5.02 Å². The van der Waals surface area contributed by atoms with Crippen molar-refractivity contribution in [3.8, 4) is 5.75 Å². The average molecular weight is 333 g/mol. The van der Waals surface area contributed by atoms with Crippen molar-refractivity contribution in [2.75, 3.05) is 6.61 Å². The molecule has 0 spiro atoms. The number of carbonyl (C=O) groups excluding carboxylic acids is 1. The van der Waals surface area contributed by atoms with Crippen LogP contribution in [-0.2, 0) is 6.54 Å². The topological polar surface area (TPSA) is 50.4 Å². The Labute approximate surface area is 141 Å². The number of rotatable bonds is 6. The molecular formula is C18H21ClN2O2. The van der Waals surface area contributed by atoms with Gasteiger partial charge in [0.05, 0.1) is 12.6 Å². The van der Waals surface area contributed by atoms with Crippen molar-refractivity contribution in [2.45, 2.75) is 26.4 Å². The highest BCUT2D eigenvalue weighted by molar-refractivity contribution is 6.30. The summed E-state index contributed by atoms with van der Waals surface area (Å²) < 4.78 is 5.41. The van der Waals surface area contributed by atoms with Gasteiger partial charge in [-0.25, -0.2) is 4.79 Å². The average Bonchev–Trinajstić information content (AvgIpc) is 2.54. The van der Waals surface area contributed by atoms with Gasteiger partial charge in [0.25, 0.3) is 0 Å². The van der Waals surface area contributed by atoms with Gasteiger partial charge in [-0.15, -0.1) is 0 Å². The van der Waals surface area contributed by atoms with Crippen LogP contribution in [0.3, 0.4) is 0 Å². The van der Waals surface area contributed by atoms with Crippen molar-refractivity contribution in [2.24, 2.45) is 0 Å². The van der Waals surface area contributed by atoms with Crippen LogP contribution in [0.1, 0.15) is 31.0 Å². The maximum Gasteiger partial charge on any atom is 0.315 e. The number of nitrogens with one attached hydrogen (secondary N) is 2. The van der Waals surface area contributed by atoms with Gasteiger partial charge in [0, 0.05) is 11.6 Å². The van der Waals surface area contributed by atoms with E-state index in [1.165, 1.54) is 0 Å². The number of hydrogen-bond acceptors (Lipinski definition) is 2. The molecule has 1 atom stereocenters. The van der Waals surface area contributed by atoms with Crippen molar-refractivity contribution in [3.05, 3.63) is 64.7 Å². The number of urea groups is 1. The molecule has 0 bridgehead atoms. The van der Waals surface area contributed by atoms with Gasteiger partial charge in [-0.2, -0.15) is 0 Å². The number of hydrogen-bond donors (Lipinski definition) is 2. The molecule has 0 fully saturated rings. The van der Waals surface area contributed by atoms with Crippen molar-refractivity contribution < 1.29 is 9.53 Å². The zero-order valence-corrected chi connectivity index (χ0v) is 14.1. The van der Waals surface area contributed by atoms with Crippen LogP contribution in [0, 0.1) is 0 Å². The minimum absolute atomic E-state index is 0.0926. The summed E-state index contributed by atoms with van der Waals surface area (Å²) in [5, 5.41) is 6.39. The van der Waals surface area contributed by atoms with Gasteiger partial charge < -0.3 is 15.4 Å². The second-order valence-corrected chi connectivity index (χ2v) is 5.62. The van der Waals surface area contributed by atoms with E-state index in [0.717, 1.165) is 16.9 Å². The Hall–Kier alpha value is -2.20. The van der Waals surface area contributed by atoms with Crippen LogP contribution in [0.25, 0.3) is 0 Å². The summed E-state index contributed by atoms with van der Waals surface area (Å²) in [5.74, 6) is 0.828. The normalized spacial score (nSPS) is 11.6. The molecule has 122 valence electrons. The first-order valence-corrected chi connectivity index (χ1v) is 7.98. The van der Waals surface area contributed by atoms with Gasteiger partial charge in [0.1, 0.15) is 5.75 Å². The molecule has 0 saturated carbocycles. The van der Waals surface area contributed by atoms with Gasteiger partial charge >= 0.3 is 6.03 Å². The predicted molar refractivity (Wildman–Crippen MR) is 92.8 cm³/mol. The summed E-state index contributed by atoms with van der Waals surface area (Å²) in [6.45, 7) is 4.96. The Kier molecular flexibility index (Phi) is 6.29. The second kappa shape index (κ2) is 8.44. The lowest BCUT2D eigenvalue weighted by Crippen LogP contribution is -2.36. The first-order chi connectivity index (χ1) is 11.1. The quantitative estimate of drug-likeness (QED) is 0.828. The van der Waals surface area contributed by atoms with Gasteiger partial charge in [0.15, 0.2) is 0 Å². The van der Waals surface area contributed by atoms with Gasteiger partial charge in [-0.05, 0) is 49.2 Å². The third-order valence-electron chi connectivity index (χ3n) is 3.38. The molecule has 4 nitrogen and oxygen atoms in total. The molecule has 5 heteroatoms. The number of carbonyl (C=O) groups is 1. The van der Waals surface area contributed by atoms with Crippen molar-refractivity contribution >= 4 is 17.6 Å². The summed E-state index contributed by atoms with van der Waals surface area (Å²) in [6, 6.07) is 14.8. The summed E-state index contributed by atoms with van der Waals surface area (Å²) in [4.78, 5) is 12.0. The summed E-state index contributed by atoms with van der Waals surface area (Å²) in [7, 11) is 0. The molecule has 0 saturated heterocycles. The van der Waals surface area contributed by atoms with Gasteiger partial charge in [-0.1, -0.05) is 35.9 Å². The Morgan fingerprint density at radius 3 is 2.61 bits per heavy atom. The number of halogens is 1. The molecule has 0 aliphatic rings. The zero-order valence-electron chi connectivity index (χ0n) is 13.3. The van der Waals surface area contributed by atoms with Crippen LogP contribution < -0.4 is 15.4 Å². The molecule has 23 heavy (non-hydrogen) atoms. The highest BCUT2D eigenvalue weighted by atomic mass is 35.5. The molecule has 2 amide bonds. The summed E-state index contributed by atoms with van der Waals surface area (Å²) in [6.07, 6.45) is 0. The van der Waals surface area contributed by atoms with E-state index >= 15 is 0 Å². The van der Waals surface area contributed by atoms with E-state index in [2.05, 4.69) is 10.6 Å². The third-order valence-corrected chi connectivity index (χ3v) is 3.62. The Bertz CT molecular complexity index is 644. The van der Waals surface area contributed by atoms with Crippen LogP contribution >= 0.6 is 11.6 Å². The predicted octanol–water partition coefficient (Wildman–Crippen LogP) is 4.30. The van der Waals surface area contributed by atoms with Crippen LogP contribution in [0.5, 0.6) is 5.75 Å². The second-order valence-electron chi connectivity index (χ2n) is 5.18. The van der Waals surface area contributed by atoms with E-state index < -0.39 is 0 Å². The lowest BCUT2D eigenvalue weighted by atomic mass is 10.1. The van der Waals surface area contributed by atoms with Crippen LogP contribution in [0.15, 0.2) is 48.5 Å². The van der Waals surface area contributed by atoms with Gasteiger partial charge in [-0.3, -0.25) is 0 Å². The first-order valence-electron chi connectivity index (χ1n) is 7.60. The minimum atomic E-state index is -0.216. The zero-order chi connectivity index (χ0) is 16.7. The fourth-order valence-electron chi connectivity index (χ4n) is 2.18. The van der Waals surface area contributed by atoms with E-state index in [4.69, 9.17) is 16.3 Å². The molecular weight excluding hydrogens is 312 g/mol. The van der Waals surface area contributed by atoms with Crippen molar-refractivity contribution in [3.63, 3.8) is 0 Å². The molecule has 0 aliphatic heterocycles. The molecule has 0 aromatic heterocycles. The Morgan fingerprint density at radius 1 is 1.22 bits per heavy atom. The fourth-order valence-corrected chi connectivity index (χ4v) is 2.39. The van der Waals surface area contributed by atoms with Crippen LogP contribution in [0.4, 0.5) is 4.79 Å². The summed E-state index contributed by atoms with van der Waals surface area (Å²) >= 11 is 5.92. The third kappa shape index (κ3) is 5.49. The lowest BCUT2D eigenvalue weighted by molar-refractivity contribution is 0.237. The van der Waals surface area contributed by atoms with E-state index in [0.29, 0.717) is 18.2 Å². The monoisotopic (exact) mass is 332 g/mol. The molecule has 0 unspecified atom stereocenters. The van der Waals surface area contributed by atoms with Crippen molar-refractivity contribution in [1.29, 1.82) is 0 Å². The maximum atomic E-state index is 12.0. The van der Waals surface area contributed by atoms with Crippen molar-refractivity contribution in [1.82, 2.24) is 10.6 Å². The molecule has 0 radical (unpaired) electrons. The maximum absolute atomic E-state index is 12.0. The van der Waals surface area contributed by atoms with E-state index in [1.807, 2.05) is 56.3 Å². The molecule has 2 aromatic carbocycles. The minimum Gasteiger partial charge on any atom is -0.494 e. The first kappa shape index (κ1) is 17.2. The van der Waals surface area contributed by atoms with E-state index in [9.17, 15) is 4.79 Å². The smallest absolute Gasteiger partial charge is 0.315 e. The van der Waals surface area contributed by atoms with Gasteiger partial charge in [0.2, 0.25) is 0 Å². The SMILES string of the molecule is CCOc1ccc([C@@H](C)NC(=O)NCc2cccc(Cl)c2)cc1. The summed E-state index contributed by atoms with van der Waals surface area (Å²) in [5.41, 5.74) is 1.98. The molecule has 2 aromatic rings. The highest BCUT2D eigenvalue weighted by Crippen LogP contribution is 2.17. The standard InChI is InChI=1S/C18H21ClN2O2/c1-3-23-17-9-7-15(8-10-17)13(2)21-18(22)20-12-14-5-4-6-16(19)11-14/h4-11,13H,3,12H2,1-2H3,(H2,20,21,22)/t13-/m1/s1. The fraction of sp³-hybridized carbons (Fsp3) is 0.278. The molecule has 2 rings (SSSR count). The molecule has 0 aliphatic carbocycles. The Morgan fingerprint density at radius 2 is 1.96 bits per heavy atom. The van der Waals surface area contributed by atoms with E-state index in [-0.39, 0.29) is 12.1 Å². The molecule has 2 N–H and O–H groups in total. The number of amides is 2. The lowest BCUT2D eigenvalue weighted by Gasteiger charge is -2.15. The largest absolute Gasteiger partial charge is 0.494 e. The number of ether oxygens (including phenoxy) is 1. The molecule has 0 heterocycles. The van der Waals surface area contributed by atoms with E-state index in [1.54, 1.807) is 6.07 Å². The number of benzene rings is 2.